The van der Waals surface area contributed by atoms with Gasteiger partial charge in [-0.1, -0.05) is 91.0 Å². The van der Waals surface area contributed by atoms with Crippen molar-refractivity contribution in [3.8, 4) is 5.75 Å². The summed E-state index contributed by atoms with van der Waals surface area (Å²) in [5.41, 5.74) is 5.66. The van der Waals surface area contributed by atoms with Crippen molar-refractivity contribution in [2.45, 2.75) is 62.3 Å². The van der Waals surface area contributed by atoms with Crippen molar-refractivity contribution >= 4 is 45.7 Å². The van der Waals surface area contributed by atoms with Crippen LogP contribution in [0.4, 0.5) is 5.13 Å². The minimum atomic E-state index is -0.850. The predicted octanol–water partition coefficient (Wildman–Crippen LogP) is 7.21. The van der Waals surface area contributed by atoms with Gasteiger partial charge < -0.3 is 9.84 Å². The van der Waals surface area contributed by atoms with E-state index >= 15 is 0 Å². The Balaban J connectivity index is 1.39. The van der Waals surface area contributed by atoms with E-state index < -0.39 is 17.7 Å². The van der Waals surface area contributed by atoms with Gasteiger partial charge in [0.25, 0.3) is 5.78 Å². The molecule has 6 rings (SSSR count). The van der Waals surface area contributed by atoms with Gasteiger partial charge in [0.05, 0.1) is 11.6 Å². The molecule has 9 heteroatoms. The molecule has 3 heterocycles. The molecule has 1 N–H and O–H groups in total. The Hall–Kier alpha value is -3.95. The fourth-order valence-corrected chi connectivity index (χ4v) is 7.14. The summed E-state index contributed by atoms with van der Waals surface area (Å²) in [5, 5.41) is 20.6. The smallest absolute Gasteiger partial charge is 0.301 e. The number of fused-ring (bicyclic) bond motifs is 1. The SMILES string of the molecule is Cc1ccc(CSc2nnc(N3C(=O)C(=O)C(=C(O)c4ccc5c(c4)C[C@@H](C)O5)[C@H]3c3ccc(C(C)C)cc3)s2)cc1. The first-order valence-corrected chi connectivity index (χ1v) is 15.7. The number of carbonyl (C=O) groups excluding carboxylic acids is 2. The van der Waals surface area contributed by atoms with Crippen LogP contribution in [0, 0.1) is 6.92 Å². The Bertz CT molecular complexity index is 1690. The highest BCUT2D eigenvalue weighted by Crippen LogP contribution is 2.45. The van der Waals surface area contributed by atoms with Crippen molar-refractivity contribution < 1.29 is 19.4 Å². The van der Waals surface area contributed by atoms with E-state index in [1.807, 2.05) is 37.3 Å². The fraction of sp³-hybridized carbons (Fsp3) is 0.273. The zero-order chi connectivity index (χ0) is 29.5. The number of aromatic nitrogens is 2. The van der Waals surface area contributed by atoms with E-state index in [0.29, 0.717) is 38.7 Å². The molecule has 1 fully saturated rings. The van der Waals surface area contributed by atoms with E-state index in [4.69, 9.17) is 4.74 Å². The monoisotopic (exact) mass is 597 g/mol. The second kappa shape index (κ2) is 11.4. The first-order valence-electron chi connectivity index (χ1n) is 13.9. The Morgan fingerprint density at radius 1 is 1.07 bits per heavy atom. The number of benzene rings is 3. The quantitative estimate of drug-likeness (QED) is 0.0791. The lowest BCUT2D eigenvalue weighted by Crippen LogP contribution is -2.29. The standard InChI is InChI=1S/C33H31N3O4S2/c1-18(2)22-9-11-23(12-10-22)28-27(29(37)24-13-14-26-25(16-24)15-20(4)40-26)30(38)31(39)36(28)32-34-35-33(42-32)41-17-21-7-5-19(3)6-8-21/h5-14,16,18,20,28,37H,15,17H2,1-4H3/t20-,28-/m1/s1. The molecule has 0 saturated carbocycles. The Morgan fingerprint density at radius 2 is 1.81 bits per heavy atom. The number of ether oxygens (including phenoxy) is 1. The Morgan fingerprint density at radius 3 is 2.52 bits per heavy atom. The number of rotatable bonds is 7. The third kappa shape index (κ3) is 5.34. The van der Waals surface area contributed by atoms with Gasteiger partial charge in [0.1, 0.15) is 17.6 Å². The number of hydrogen-bond donors (Lipinski definition) is 1. The lowest BCUT2D eigenvalue weighted by molar-refractivity contribution is -0.132. The van der Waals surface area contributed by atoms with E-state index in [2.05, 4.69) is 55.2 Å². The number of anilines is 1. The highest BCUT2D eigenvalue weighted by atomic mass is 32.2. The Labute approximate surface area is 253 Å². The zero-order valence-corrected chi connectivity index (χ0v) is 25.5. The Kier molecular flexibility index (Phi) is 7.64. The number of aliphatic hydroxyl groups excluding tert-OH is 1. The number of aryl methyl sites for hydroxylation is 1. The van der Waals surface area contributed by atoms with Gasteiger partial charge in [-0.15, -0.1) is 10.2 Å². The van der Waals surface area contributed by atoms with E-state index in [9.17, 15) is 14.7 Å². The van der Waals surface area contributed by atoms with Crippen molar-refractivity contribution in [2.24, 2.45) is 0 Å². The number of nitrogens with zero attached hydrogens (tertiary/aromatic N) is 3. The molecular weight excluding hydrogens is 567 g/mol. The normalized spacial score (nSPS) is 19.4. The molecule has 2 aliphatic rings. The van der Waals surface area contributed by atoms with Gasteiger partial charge in [-0.3, -0.25) is 14.5 Å². The number of thioether (sulfide) groups is 1. The van der Waals surface area contributed by atoms with E-state index in [1.165, 1.54) is 33.6 Å². The third-order valence-electron chi connectivity index (χ3n) is 7.62. The number of ketones is 1. The van der Waals surface area contributed by atoms with Crippen LogP contribution in [0.3, 0.4) is 0 Å². The summed E-state index contributed by atoms with van der Waals surface area (Å²) in [6.07, 6.45) is 0.747. The van der Waals surface area contributed by atoms with Gasteiger partial charge in [0, 0.05) is 17.7 Å². The molecule has 0 bridgehead atoms. The van der Waals surface area contributed by atoms with E-state index in [-0.39, 0.29) is 17.4 Å². The van der Waals surface area contributed by atoms with Crippen molar-refractivity contribution in [3.63, 3.8) is 0 Å². The number of carbonyl (C=O) groups is 2. The molecule has 2 aliphatic heterocycles. The van der Waals surface area contributed by atoms with Gasteiger partial charge in [-0.2, -0.15) is 0 Å². The highest BCUT2D eigenvalue weighted by Gasteiger charge is 2.48. The topological polar surface area (TPSA) is 92.6 Å². The summed E-state index contributed by atoms with van der Waals surface area (Å²) in [7, 11) is 0. The molecule has 0 radical (unpaired) electrons. The van der Waals surface area contributed by atoms with Crippen LogP contribution >= 0.6 is 23.1 Å². The molecule has 0 aliphatic carbocycles. The van der Waals surface area contributed by atoms with Crippen LogP contribution in [0.15, 0.2) is 76.6 Å². The maximum Gasteiger partial charge on any atom is 0.301 e. The third-order valence-corrected chi connectivity index (χ3v) is 9.74. The number of aliphatic hydroxyl groups is 1. The summed E-state index contributed by atoms with van der Waals surface area (Å²) in [4.78, 5) is 28.6. The zero-order valence-electron chi connectivity index (χ0n) is 23.8. The number of hydrogen-bond acceptors (Lipinski definition) is 8. The molecule has 7 nitrogen and oxygen atoms in total. The highest BCUT2D eigenvalue weighted by molar-refractivity contribution is 8.00. The predicted molar refractivity (Wildman–Crippen MR) is 166 cm³/mol. The maximum absolute atomic E-state index is 13.6. The van der Waals surface area contributed by atoms with Gasteiger partial charge in [-0.05, 0) is 60.2 Å². The lowest BCUT2D eigenvalue weighted by Gasteiger charge is -2.23. The number of amides is 1. The molecule has 4 aromatic rings. The summed E-state index contributed by atoms with van der Waals surface area (Å²) >= 11 is 2.79. The first-order chi connectivity index (χ1) is 20.2. The molecule has 1 aromatic heterocycles. The van der Waals surface area contributed by atoms with Crippen LogP contribution in [-0.4, -0.2) is 33.1 Å². The summed E-state index contributed by atoms with van der Waals surface area (Å²) in [6.45, 7) is 8.25. The molecule has 1 saturated heterocycles. The molecule has 214 valence electrons. The second-order valence-corrected chi connectivity index (χ2v) is 13.2. The number of Topliss-reactive ketones (excluding diaryl/α,β-unsaturated/α-hetero) is 1. The molecule has 1 amide bonds. The van der Waals surface area contributed by atoms with Crippen molar-refractivity contribution in [3.05, 3.63) is 106 Å². The van der Waals surface area contributed by atoms with Crippen LogP contribution in [-0.2, 0) is 21.8 Å². The average Bonchev–Trinajstić information content (AvgIpc) is 3.67. The minimum absolute atomic E-state index is 0.0354. The van der Waals surface area contributed by atoms with Crippen molar-refractivity contribution in [1.29, 1.82) is 0 Å². The maximum atomic E-state index is 13.6. The van der Waals surface area contributed by atoms with Crippen LogP contribution in [0.5, 0.6) is 5.75 Å². The van der Waals surface area contributed by atoms with Crippen molar-refractivity contribution in [2.75, 3.05) is 4.90 Å². The fourth-order valence-electron chi connectivity index (χ4n) is 5.32. The first kappa shape index (κ1) is 28.2. The van der Waals surface area contributed by atoms with Crippen LogP contribution in [0.25, 0.3) is 5.76 Å². The van der Waals surface area contributed by atoms with Gasteiger partial charge >= 0.3 is 5.91 Å². The van der Waals surface area contributed by atoms with Crippen molar-refractivity contribution in [1.82, 2.24) is 10.2 Å². The van der Waals surface area contributed by atoms with E-state index in [1.54, 1.807) is 12.1 Å². The van der Waals surface area contributed by atoms with Gasteiger partial charge in [0.2, 0.25) is 5.13 Å². The minimum Gasteiger partial charge on any atom is -0.507 e. The molecule has 0 spiro atoms. The molecule has 2 atom stereocenters. The van der Waals surface area contributed by atoms with Gasteiger partial charge in [-0.25, -0.2) is 0 Å². The summed E-state index contributed by atoms with van der Waals surface area (Å²) in [6, 6.07) is 20.6. The van der Waals surface area contributed by atoms with Crippen LogP contribution in [0.1, 0.15) is 66.1 Å². The largest absolute Gasteiger partial charge is 0.507 e. The van der Waals surface area contributed by atoms with Crippen LogP contribution in [0.2, 0.25) is 0 Å². The van der Waals surface area contributed by atoms with Crippen LogP contribution < -0.4 is 9.64 Å². The molecular formula is C33H31N3O4S2. The molecule has 3 aromatic carbocycles. The van der Waals surface area contributed by atoms with E-state index in [0.717, 1.165) is 22.4 Å². The molecule has 0 unspecified atom stereocenters. The summed E-state index contributed by atoms with van der Waals surface area (Å²) < 4.78 is 6.50. The second-order valence-electron chi connectivity index (χ2n) is 11.1. The lowest BCUT2D eigenvalue weighted by atomic mass is 9.93. The van der Waals surface area contributed by atoms with Gasteiger partial charge in [0.15, 0.2) is 4.34 Å². The summed E-state index contributed by atoms with van der Waals surface area (Å²) in [5.74, 6) is 0.0877. The molecule has 42 heavy (non-hydrogen) atoms. The average molecular weight is 598 g/mol.